The number of aliphatic hydroxyl groups is 1. The monoisotopic (exact) mass is 297 g/mol. The number of carbonyl (C=O) groups is 1. The summed E-state index contributed by atoms with van der Waals surface area (Å²) in [6.07, 6.45) is 3.55. The molecule has 0 aliphatic carbocycles. The lowest BCUT2D eigenvalue weighted by atomic mass is 9.94. The Balaban J connectivity index is 1.69. The third-order valence-electron chi connectivity index (χ3n) is 3.59. The highest BCUT2D eigenvalue weighted by Crippen LogP contribution is 2.19. The number of hydrogen-bond acceptors (Lipinski definition) is 6. The molecular formula is C14H23N3O4. The molecule has 1 aromatic rings. The van der Waals surface area contributed by atoms with Crippen LogP contribution < -0.4 is 5.32 Å². The van der Waals surface area contributed by atoms with E-state index in [1.54, 1.807) is 0 Å². The molecule has 0 spiro atoms. The zero-order valence-corrected chi connectivity index (χ0v) is 12.4. The second-order valence-electron chi connectivity index (χ2n) is 5.47. The molecule has 1 aliphatic heterocycles. The van der Waals surface area contributed by atoms with Gasteiger partial charge in [-0.05, 0) is 6.42 Å². The minimum atomic E-state index is -0.841. The molecule has 7 nitrogen and oxygen atoms in total. The van der Waals surface area contributed by atoms with Crippen molar-refractivity contribution in [2.75, 3.05) is 19.8 Å². The summed E-state index contributed by atoms with van der Waals surface area (Å²) in [5.41, 5.74) is -0.841. The molecule has 0 aromatic carbocycles. The predicted octanol–water partition coefficient (Wildman–Crippen LogP) is 0.612. The van der Waals surface area contributed by atoms with Gasteiger partial charge in [0, 0.05) is 51.9 Å². The Morgan fingerprint density at radius 2 is 2.14 bits per heavy atom. The van der Waals surface area contributed by atoms with Crippen molar-refractivity contribution in [1.82, 2.24) is 15.5 Å². The van der Waals surface area contributed by atoms with Gasteiger partial charge in [0.25, 0.3) is 0 Å². The smallest absolute Gasteiger partial charge is 0.227 e. The first-order valence-corrected chi connectivity index (χ1v) is 7.49. The Morgan fingerprint density at radius 3 is 2.86 bits per heavy atom. The molecule has 2 rings (SSSR count). The Kier molecular flexibility index (Phi) is 5.69. The average Bonchev–Trinajstić information content (AvgIpc) is 2.92. The van der Waals surface area contributed by atoms with E-state index in [9.17, 15) is 9.90 Å². The van der Waals surface area contributed by atoms with E-state index in [4.69, 9.17) is 9.26 Å². The fraction of sp³-hybridized carbons (Fsp3) is 0.786. The number of aromatic nitrogens is 2. The van der Waals surface area contributed by atoms with Crippen molar-refractivity contribution in [2.45, 2.75) is 51.0 Å². The molecule has 1 fully saturated rings. The van der Waals surface area contributed by atoms with Gasteiger partial charge >= 0.3 is 0 Å². The van der Waals surface area contributed by atoms with Crippen LogP contribution in [0.4, 0.5) is 0 Å². The van der Waals surface area contributed by atoms with E-state index in [1.807, 2.05) is 6.92 Å². The minimum absolute atomic E-state index is 0.120. The molecule has 1 saturated heterocycles. The molecule has 2 N–H and O–H groups in total. The van der Waals surface area contributed by atoms with E-state index in [2.05, 4.69) is 15.5 Å². The summed E-state index contributed by atoms with van der Waals surface area (Å²) in [6, 6.07) is 0. The lowest BCUT2D eigenvalue weighted by Crippen LogP contribution is -2.46. The van der Waals surface area contributed by atoms with Gasteiger partial charge in [-0.2, -0.15) is 4.98 Å². The SMILES string of the molecule is CCCc1noc(CCC(=O)NCC2(O)CCOCC2)n1. The Hall–Kier alpha value is -1.47. The van der Waals surface area contributed by atoms with Gasteiger partial charge in [0.2, 0.25) is 11.8 Å². The molecule has 1 amide bonds. The van der Waals surface area contributed by atoms with E-state index in [0.29, 0.717) is 44.2 Å². The van der Waals surface area contributed by atoms with Crippen molar-refractivity contribution in [3.05, 3.63) is 11.7 Å². The molecule has 0 unspecified atom stereocenters. The van der Waals surface area contributed by atoms with E-state index in [0.717, 1.165) is 12.8 Å². The molecule has 1 aromatic heterocycles. The highest BCUT2D eigenvalue weighted by molar-refractivity contribution is 5.76. The van der Waals surface area contributed by atoms with Crippen LogP contribution in [0.25, 0.3) is 0 Å². The Morgan fingerprint density at radius 1 is 1.38 bits per heavy atom. The van der Waals surface area contributed by atoms with Crippen LogP contribution >= 0.6 is 0 Å². The zero-order valence-electron chi connectivity index (χ0n) is 12.4. The largest absolute Gasteiger partial charge is 0.388 e. The number of amides is 1. The fourth-order valence-corrected chi connectivity index (χ4v) is 2.22. The first-order valence-electron chi connectivity index (χ1n) is 7.49. The van der Waals surface area contributed by atoms with E-state index < -0.39 is 5.60 Å². The van der Waals surface area contributed by atoms with Crippen LogP contribution in [0.15, 0.2) is 4.52 Å². The van der Waals surface area contributed by atoms with Crippen LogP contribution in [-0.4, -0.2) is 46.5 Å². The summed E-state index contributed by atoms with van der Waals surface area (Å²) in [6.45, 7) is 3.38. The highest BCUT2D eigenvalue weighted by Gasteiger charge is 2.30. The Bertz CT molecular complexity index is 455. The van der Waals surface area contributed by atoms with Crippen molar-refractivity contribution < 1.29 is 19.2 Å². The second-order valence-corrected chi connectivity index (χ2v) is 5.47. The summed E-state index contributed by atoms with van der Waals surface area (Å²) in [4.78, 5) is 16.0. The van der Waals surface area contributed by atoms with Crippen LogP contribution in [0.1, 0.15) is 44.3 Å². The van der Waals surface area contributed by atoms with Gasteiger partial charge in [0.05, 0.1) is 5.60 Å². The van der Waals surface area contributed by atoms with Crippen LogP contribution in [0.2, 0.25) is 0 Å². The maximum absolute atomic E-state index is 11.8. The van der Waals surface area contributed by atoms with Crippen molar-refractivity contribution in [1.29, 1.82) is 0 Å². The second kappa shape index (κ2) is 7.51. The topological polar surface area (TPSA) is 97.5 Å². The maximum Gasteiger partial charge on any atom is 0.227 e. The summed E-state index contributed by atoms with van der Waals surface area (Å²) >= 11 is 0. The maximum atomic E-state index is 11.8. The number of nitrogens with zero attached hydrogens (tertiary/aromatic N) is 2. The molecule has 0 saturated carbocycles. The minimum Gasteiger partial charge on any atom is -0.388 e. The highest BCUT2D eigenvalue weighted by atomic mass is 16.5. The molecular weight excluding hydrogens is 274 g/mol. The van der Waals surface area contributed by atoms with E-state index in [1.165, 1.54) is 0 Å². The number of nitrogens with one attached hydrogen (secondary N) is 1. The summed E-state index contributed by atoms with van der Waals surface area (Å²) < 4.78 is 10.3. The predicted molar refractivity (Wildman–Crippen MR) is 74.6 cm³/mol. The van der Waals surface area contributed by atoms with Gasteiger partial charge in [-0.15, -0.1) is 0 Å². The van der Waals surface area contributed by atoms with E-state index >= 15 is 0 Å². The van der Waals surface area contributed by atoms with Gasteiger partial charge in [0.15, 0.2) is 5.82 Å². The van der Waals surface area contributed by atoms with Crippen LogP contribution in [0.5, 0.6) is 0 Å². The van der Waals surface area contributed by atoms with Gasteiger partial charge in [-0.1, -0.05) is 12.1 Å². The van der Waals surface area contributed by atoms with Crippen LogP contribution in [-0.2, 0) is 22.4 Å². The zero-order chi connectivity index (χ0) is 15.1. The summed E-state index contributed by atoms with van der Waals surface area (Å²) in [5.74, 6) is 1.05. The van der Waals surface area contributed by atoms with Crippen molar-refractivity contribution in [3.63, 3.8) is 0 Å². The molecule has 21 heavy (non-hydrogen) atoms. The van der Waals surface area contributed by atoms with Gasteiger partial charge in [-0.3, -0.25) is 4.79 Å². The molecule has 7 heteroatoms. The quantitative estimate of drug-likeness (QED) is 0.765. The van der Waals surface area contributed by atoms with Gasteiger partial charge in [-0.25, -0.2) is 0 Å². The third-order valence-corrected chi connectivity index (χ3v) is 3.59. The van der Waals surface area contributed by atoms with E-state index in [-0.39, 0.29) is 18.9 Å². The molecule has 2 heterocycles. The molecule has 0 radical (unpaired) electrons. The van der Waals surface area contributed by atoms with Gasteiger partial charge < -0.3 is 19.7 Å². The average molecular weight is 297 g/mol. The lowest BCUT2D eigenvalue weighted by molar-refractivity contribution is -0.124. The molecule has 1 aliphatic rings. The first kappa shape index (κ1) is 15.9. The number of hydrogen-bond donors (Lipinski definition) is 2. The molecule has 0 bridgehead atoms. The van der Waals surface area contributed by atoms with Crippen molar-refractivity contribution in [3.8, 4) is 0 Å². The third kappa shape index (κ3) is 5.09. The summed E-state index contributed by atoms with van der Waals surface area (Å²) in [5, 5.41) is 16.8. The fourth-order valence-electron chi connectivity index (χ4n) is 2.22. The molecule has 0 atom stereocenters. The number of carbonyl (C=O) groups excluding carboxylic acids is 1. The number of ether oxygens (including phenoxy) is 1. The lowest BCUT2D eigenvalue weighted by Gasteiger charge is -2.32. The standard InChI is InChI=1S/C14H23N3O4/c1-2-3-11-16-13(21-17-11)5-4-12(18)15-10-14(19)6-8-20-9-7-14/h19H,2-10H2,1H3,(H,15,18). The van der Waals surface area contributed by atoms with Crippen LogP contribution in [0, 0.1) is 0 Å². The van der Waals surface area contributed by atoms with Crippen molar-refractivity contribution in [2.24, 2.45) is 0 Å². The van der Waals surface area contributed by atoms with Crippen molar-refractivity contribution >= 4 is 5.91 Å². The number of aryl methyl sites for hydroxylation is 2. The van der Waals surface area contributed by atoms with Gasteiger partial charge in [0.1, 0.15) is 0 Å². The van der Waals surface area contributed by atoms with Crippen LogP contribution in [0.3, 0.4) is 0 Å². The Labute approximate surface area is 124 Å². The molecule has 118 valence electrons. The first-order chi connectivity index (χ1) is 10.1. The normalized spacial score (nSPS) is 17.6. The number of rotatable bonds is 7. The summed E-state index contributed by atoms with van der Waals surface area (Å²) in [7, 11) is 0.